The van der Waals surface area contributed by atoms with Crippen molar-refractivity contribution in [3.63, 3.8) is 0 Å². The van der Waals surface area contributed by atoms with Crippen molar-refractivity contribution in [3.8, 4) is 5.75 Å². The van der Waals surface area contributed by atoms with Crippen molar-refractivity contribution in [2.24, 2.45) is 0 Å². The molecule has 3 heteroatoms. The zero-order valence-corrected chi connectivity index (χ0v) is 12.5. The van der Waals surface area contributed by atoms with E-state index >= 15 is 0 Å². The van der Waals surface area contributed by atoms with Crippen LogP contribution < -0.4 is 4.74 Å². The van der Waals surface area contributed by atoms with E-state index in [2.05, 4.69) is 12.1 Å². The highest BCUT2D eigenvalue weighted by atomic mass is 35.5. The third kappa shape index (κ3) is 4.70. The van der Waals surface area contributed by atoms with Crippen molar-refractivity contribution in [1.29, 1.82) is 0 Å². The summed E-state index contributed by atoms with van der Waals surface area (Å²) in [6, 6.07) is 8.11. The van der Waals surface area contributed by atoms with Gasteiger partial charge < -0.3 is 9.47 Å². The lowest BCUT2D eigenvalue weighted by Crippen LogP contribution is -2.06. The number of hydrogen-bond donors (Lipinski definition) is 0. The van der Waals surface area contributed by atoms with Crippen LogP contribution in [0.3, 0.4) is 0 Å². The number of halogens is 1. The topological polar surface area (TPSA) is 18.5 Å². The molecule has 0 saturated carbocycles. The molecule has 0 radical (unpaired) electrons. The summed E-state index contributed by atoms with van der Waals surface area (Å²) in [7, 11) is 0. The summed E-state index contributed by atoms with van der Waals surface area (Å²) in [4.78, 5) is 0. The third-order valence-electron chi connectivity index (χ3n) is 3.38. The van der Waals surface area contributed by atoms with Crippen LogP contribution >= 0.6 is 11.6 Å². The molecule has 1 aliphatic heterocycles. The second kappa shape index (κ2) is 7.16. The van der Waals surface area contributed by atoms with Gasteiger partial charge in [0.05, 0.1) is 17.6 Å². The molecule has 106 valence electrons. The first-order valence-electron chi connectivity index (χ1n) is 7.17. The standard InChI is InChI=1S/C16H23ClO2/c1-12(2)19-15-7-5-13(6-8-15)16(17)10-9-14-4-3-11-18-14/h5-8,12,14,16H,3-4,9-11H2,1-2H3. The molecule has 1 aromatic carbocycles. The van der Waals surface area contributed by atoms with Crippen LogP contribution in [0.5, 0.6) is 5.75 Å². The Morgan fingerprint density at radius 2 is 2.05 bits per heavy atom. The molecule has 2 atom stereocenters. The molecule has 0 amide bonds. The molecule has 1 aromatic rings. The van der Waals surface area contributed by atoms with Crippen molar-refractivity contribution in [2.45, 2.75) is 57.1 Å². The van der Waals surface area contributed by atoms with Crippen molar-refractivity contribution in [2.75, 3.05) is 6.61 Å². The SMILES string of the molecule is CC(C)Oc1ccc(C(Cl)CCC2CCCO2)cc1. The minimum Gasteiger partial charge on any atom is -0.491 e. The lowest BCUT2D eigenvalue weighted by Gasteiger charge is -2.14. The van der Waals surface area contributed by atoms with E-state index in [0.29, 0.717) is 6.10 Å². The van der Waals surface area contributed by atoms with Gasteiger partial charge in [-0.15, -0.1) is 11.6 Å². The Bertz CT molecular complexity index is 369. The average molecular weight is 283 g/mol. The summed E-state index contributed by atoms with van der Waals surface area (Å²) < 4.78 is 11.3. The van der Waals surface area contributed by atoms with Crippen LogP contribution in [0, 0.1) is 0 Å². The van der Waals surface area contributed by atoms with Crippen LogP contribution in [-0.4, -0.2) is 18.8 Å². The summed E-state index contributed by atoms with van der Waals surface area (Å²) >= 11 is 6.45. The predicted octanol–water partition coefficient (Wildman–Crippen LogP) is 4.71. The van der Waals surface area contributed by atoms with E-state index in [4.69, 9.17) is 21.1 Å². The zero-order chi connectivity index (χ0) is 13.7. The Kier molecular flexibility index (Phi) is 5.53. The van der Waals surface area contributed by atoms with Gasteiger partial charge in [-0.25, -0.2) is 0 Å². The van der Waals surface area contributed by atoms with Gasteiger partial charge in [-0.1, -0.05) is 12.1 Å². The van der Waals surface area contributed by atoms with Crippen molar-refractivity contribution < 1.29 is 9.47 Å². The fraction of sp³-hybridized carbons (Fsp3) is 0.625. The molecule has 2 nitrogen and oxygen atoms in total. The van der Waals surface area contributed by atoms with Gasteiger partial charge in [-0.3, -0.25) is 0 Å². The molecule has 0 aromatic heterocycles. The van der Waals surface area contributed by atoms with Crippen LogP contribution in [0.25, 0.3) is 0 Å². The monoisotopic (exact) mass is 282 g/mol. The minimum absolute atomic E-state index is 0.0669. The van der Waals surface area contributed by atoms with E-state index in [0.717, 1.165) is 30.8 Å². The largest absolute Gasteiger partial charge is 0.491 e. The quantitative estimate of drug-likeness (QED) is 0.703. The molecule has 1 aliphatic rings. The summed E-state index contributed by atoms with van der Waals surface area (Å²) in [5.74, 6) is 0.904. The summed E-state index contributed by atoms with van der Waals surface area (Å²) in [6.07, 6.45) is 5.03. The highest BCUT2D eigenvalue weighted by molar-refractivity contribution is 6.20. The number of benzene rings is 1. The maximum Gasteiger partial charge on any atom is 0.119 e. The molecule has 2 rings (SSSR count). The molecule has 0 aliphatic carbocycles. The van der Waals surface area contributed by atoms with Crippen LogP contribution in [0.2, 0.25) is 0 Å². The van der Waals surface area contributed by atoms with Crippen LogP contribution in [0.1, 0.15) is 50.5 Å². The number of alkyl halides is 1. The van der Waals surface area contributed by atoms with Gasteiger partial charge in [0, 0.05) is 6.61 Å². The van der Waals surface area contributed by atoms with Crippen molar-refractivity contribution >= 4 is 11.6 Å². The molecular weight excluding hydrogens is 260 g/mol. The van der Waals surface area contributed by atoms with E-state index in [1.807, 2.05) is 26.0 Å². The second-order valence-electron chi connectivity index (χ2n) is 5.42. The fourth-order valence-corrected chi connectivity index (χ4v) is 2.67. The van der Waals surface area contributed by atoms with Crippen LogP contribution in [0.15, 0.2) is 24.3 Å². The first-order chi connectivity index (χ1) is 9.15. The zero-order valence-electron chi connectivity index (χ0n) is 11.8. The fourth-order valence-electron chi connectivity index (χ4n) is 2.40. The van der Waals surface area contributed by atoms with Crippen molar-refractivity contribution in [1.82, 2.24) is 0 Å². The molecule has 1 heterocycles. The lowest BCUT2D eigenvalue weighted by molar-refractivity contribution is 0.102. The van der Waals surface area contributed by atoms with Crippen LogP contribution in [-0.2, 0) is 4.74 Å². The normalized spacial score (nSPS) is 20.7. The Labute approximate surface area is 121 Å². The smallest absolute Gasteiger partial charge is 0.119 e. The Balaban J connectivity index is 1.82. The first kappa shape index (κ1) is 14.7. The highest BCUT2D eigenvalue weighted by Gasteiger charge is 2.17. The van der Waals surface area contributed by atoms with Gasteiger partial charge in [-0.2, -0.15) is 0 Å². The molecule has 19 heavy (non-hydrogen) atoms. The predicted molar refractivity (Wildman–Crippen MR) is 79.0 cm³/mol. The lowest BCUT2D eigenvalue weighted by atomic mass is 10.0. The van der Waals surface area contributed by atoms with Gasteiger partial charge >= 0.3 is 0 Å². The Morgan fingerprint density at radius 3 is 2.63 bits per heavy atom. The maximum atomic E-state index is 6.45. The minimum atomic E-state index is 0.0669. The van der Waals surface area contributed by atoms with Gasteiger partial charge in [0.1, 0.15) is 5.75 Å². The molecule has 1 saturated heterocycles. The highest BCUT2D eigenvalue weighted by Crippen LogP contribution is 2.30. The van der Waals surface area contributed by atoms with Crippen molar-refractivity contribution in [3.05, 3.63) is 29.8 Å². The first-order valence-corrected chi connectivity index (χ1v) is 7.61. The molecule has 2 unspecified atom stereocenters. The number of hydrogen-bond acceptors (Lipinski definition) is 2. The van der Waals surface area contributed by atoms with Crippen LogP contribution in [0.4, 0.5) is 0 Å². The van der Waals surface area contributed by atoms with Gasteiger partial charge in [-0.05, 0) is 57.2 Å². The van der Waals surface area contributed by atoms with E-state index in [-0.39, 0.29) is 11.5 Å². The Hall–Kier alpha value is -0.730. The van der Waals surface area contributed by atoms with Gasteiger partial charge in [0.15, 0.2) is 0 Å². The molecule has 0 N–H and O–H groups in total. The van der Waals surface area contributed by atoms with E-state index in [1.54, 1.807) is 0 Å². The van der Waals surface area contributed by atoms with E-state index < -0.39 is 0 Å². The summed E-state index contributed by atoms with van der Waals surface area (Å²) in [6.45, 7) is 4.97. The molecule has 0 bridgehead atoms. The third-order valence-corrected chi connectivity index (χ3v) is 3.85. The average Bonchev–Trinajstić information content (AvgIpc) is 2.89. The number of rotatable bonds is 6. The summed E-state index contributed by atoms with van der Waals surface area (Å²) in [5.41, 5.74) is 1.16. The number of ether oxygens (including phenoxy) is 2. The molecular formula is C16H23ClO2. The maximum absolute atomic E-state index is 6.45. The van der Waals surface area contributed by atoms with E-state index in [1.165, 1.54) is 12.8 Å². The Morgan fingerprint density at radius 1 is 1.32 bits per heavy atom. The second-order valence-corrected chi connectivity index (χ2v) is 5.94. The summed E-state index contributed by atoms with van der Waals surface area (Å²) in [5, 5.41) is 0.0669. The van der Waals surface area contributed by atoms with Gasteiger partial charge in [0.2, 0.25) is 0 Å². The van der Waals surface area contributed by atoms with E-state index in [9.17, 15) is 0 Å². The molecule has 1 fully saturated rings. The van der Waals surface area contributed by atoms with Gasteiger partial charge in [0.25, 0.3) is 0 Å². The molecule has 0 spiro atoms.